The molecule has 2 N–H and O–H groups in total. The summed E-state index contributed by atoms with van der Waals surface area (Å²) >= 11 is 1.66. The van der Waals surface area contributed by atoms with Crippen LogP contribution >= 0.6 is 11.3 Å². The number of carbonyl (C=O) groups is 1. The summed E-state index contributed by atoms with van der Waals surface area (Å²) in [5.41, 5.74) is 8.74. The van der Waals surface area contributed by atoms with Crippen molar-refractivity contribution < 1.29 is 9.53 Å². The molecule has 106 valence electrons. The van der Waals surface area contributed by atoms with E-state index in [1.54, 1.807) is 29.5 Å². The van der Waals surface area contributed by atoms with Gasteiger partial charge >= 0.3 is 5.97 Å². The Morgan fingerprint density at radius 1 is 1.19 bits per heavy atom. The van der Waals surface area contributed by atoms with Crippen LogP contribution in [0.1, 0.15) is 21.5 Å². The SMILES string of the molecule is Cc1c(N)cccc1C(=O)OCc1csc2ccccc12. The van der Waals surface area contributed by atoms with E-state index in [2.05, 4.69) is 6.07 Å². The Hall–Kier alpha value is -2.33. The minimum atomic E-state index is -0.338. The van der Waals surface area contributed by atoms with Gasteiger partial charge in [-0.1, -0.05) is 24.3 Å². The molecule has 2 aromatic carbocycles. The summed E-state index contributed by atoms with van der Waals surface area (Å²) in [5, 5.41) is 3.17. The molecule has 4 heteroatoms. The molecule has 0 saturated carbocycles. The van der Waals surface area contributed by atoms with Gasteiger partial charge in [0.05, 0.1) is 5.56 Å². The van der Waals surface area contributed by atoms with Gasteiger partial charge in [-0.15, -0.1) is 11.3 Å². The number of esters is 1. The van der Waals surface area contributed by atoms with Gasteiger partial charge in [-0.25, -0.2) is 4.79 Å². The van der Waals surface area contributed by atoms with Gasteiger partial charge in [-0.05, 0) is 41.5 Å². The van der Waals surface area contributed by atoms with E-state index in [0.29, 0.717) is 11.3 Å². The molecular formula is C17H15NO2S. The van der Waals surface area contributed by atoms with E-state index < -0.39 is 0 Å². The molecule has 1 heterocycles. The van der Waals surface area contributed by atoms with E-state index in [1.807, 2.05) is 30.5 Å². The summed E-state index contributed by atoms with van der Waals surface area (Å²) < 4.78 is 6.63. The average Bonchev–Trinajstić information content (AvgIpc) is 2.91. The van der Waals surface area contributed by atoms with E-state index in [4.69, 9.17) is 10.5 Å². The molecule has 1 aromatic heterocycles. The molecular weight excluding hydrogens is 282 g/mol. The maximum atomic E-state index is 12.2. The Kier molecular flexibility index (Phi) is 3.62. The lowest BCUT2D eigenvalue weighted by molar-refractivity contribution is 0.0474. The number of nitrogen functional groups attached to an aromatic ring is 1. The van der Waals surface area contributed by atoms with Crippen molar-refractivity contribution >= 4 is 33.1 Å². The number of benzene rings is 2. The summed E-state index contributed by atoms with van der Waals surface area (Å²) in [7, 11) is 0. The minimum absolute atomic E-state index is 0.275. The van der Waals surface area contributed by atoms with Gasteiger partial charge in [0.1, 0.15) is 6.61 Å². The maximum Gasteiger partial charge on any atom is 0.338 e. The summed E-state index contributed by atoms with van der Waals surface area (Å²) in [6.45, 7) is 2.10. The lowest BCUT2D eigenvalue weighted by atomic mass is 10.1. The van der Waals surface area contributed by atoms with Crippen molar-refractivity contribution in [3.8, 4) is 0 Å². The van der Waals surface area contributed by atoms with Gasteiger partial charge in [-0.2, -0.15) is 0 Å². The highest BCUT2D eigenvalue weighted by Crippen LogP contribution is 2.26. The average molecular weight is 297 g/mol. The monoisotopic (exact) mass is 297 g/mol. The zero-order chi connectivity index (χ0) is 14.8. The number of fused-ring (bicyclic) bond motifs is 1. The lowest BCUT2D eigenvalue weighted by Crippen LogP contribution is -2.08. The van der Waals surface area contributed by atoms with Gasteiger partial charge in [-0.3, -0.25) is 0 Å². The van der Waals surface area contributed by atoms with Gasteiger partial charge in [0.15, 0.2) is 0 Å². The molecule has 0 saturated heterocycles. The second-order valence-electron chi connectivity index (χ2n) is 4.85. The molecule has 0 radical (unpaired) electrons. The van der Waals surface area contributed by atoms with Crippen molar-refractivity contribution in [3.05, 3.63) is 64.5 Å². The Balaban J connectivity index is 1.78. The first-order valence-corrected chi connectivity index (χ1v) is 7.52. The summed E-state index contributed by atoms with van der Waals surface area (Å²) in [4.78, 5) is 12.2. The van der Waals surface area contributed by atoms with Crippen molar-refractivity contribution in [1.29, 1.82) is 0 Å². The van der Waals surface area contributed by atoms with Crippen LogP contribution in [0.2, 0.25) is 0 Å². The first-order valence-electron chi connectivity index (χ1n) is 6.64. The van der Waals surface area contributed by atoms with E-state index in [9.17, 15) is 4.79 Å². The number of nitrogens with two attached hydrogens (primary N) is 1. The van der Waals surface area contributed by atoms with Crippen LogP contribution in [0.3, 0.4) is 0 Å². The lowest BCUT2D eigenvalue weighted by Gasteiger charge is -2.08. The van der Waals surface area contributed by atoms with Crippen molar-refractivity contribution in [2.24, 2.45) is 0 Å². The van der Waals surface area contributed by atoms with Crippen molar-refractivity contribution in [2.45, 2.75) is 13.5 Å². The standard InChI is InChI=1S/C17H15NO2S/c1-11-13(6-4-7-15(11)18)17(19)20-9-12-10-21-16-8-3-2-5-14(12)16/h2-8,10H,9,18H2,1H3. The Bertz CT molecular complexity index is 807. The van der Waals surface area contributed by atoms with Crippen LogP contribution in [0.25, 0.3) is 10.1 Å². The molecule has 0 aliphatic carbocycles. The van der Waals surface area contributed by atoms with Crippen LogP contribution in [0.5, 0.6) is 0 Å². The molecule has 0 fully saturated rings. The van der Waals surface area contributed by atoms with E-state index >= 15 is 0 Å². The third-order valence-electron chi connectivity index (χ3n) is 3.52. The predicted molar refractivity (Wildman–Crippen MR) is 86.5 cm³/mol. The summed E-state index contributed by atoms with van der Waals surface area (Å²) in [5.74, 6) is -0.338. The molecule has 3 aromatic rings. The van der Waals surface area contributed by atoms with Crippen LogP contribution in [0.15, 0.2) is 47.8 Å². The number of carbonyl (C=O) groups excluding carboxylic acids is 1. The molecule has 0 atom stereocenters. The summed E-state index contributed by atoms with van der Waals surface area (Å²) in [6, 6.07) is 13.4. The molecule has 21 heavy (non-hydrogen) atoms. The fourth-order valence-corrected chi connectivity index (χ4v) is 3.19. The van der Waals surface area contributed by atoms with Crippen LogP contribution < -0.4 is 5.73 Å². The zero-order valence-electron chi connectivity index (χ0n) is 11.6. The number of hydrogen-bond acceptors (Lipinski definition) is 4. The van der Waals surface area contributed by atoms with Crippen LogP contribution in [-0.2, 0) is 11.3 Å². The van der Waals surface area contributed by atoms with E-state index in [-0.39, 0.29) is 12.6 Å². The molecule has 3 rings (SSSR count). The van der Waals surface area contributed by atoms with Crippen LogP contribution in [0, 0.1) is 6.92 Å². The number of anilines is 1. The highest BCUT2D eigenvalue weighted by Gasteiger charge is 2.13. The van der Waals surface area contributed by atoms with Gasteiger partial charge in [0, 0.05) is 16.0 Å². The first-order chi connectivity index (χ1) is 10.2. The molecule has 0 aliphatic heterocycles. The van der Waals surface area contributed by atoms with Crippen molar-refractivity contribution in [2.75, 3.05) is 5.73 Å². The van der Waals surface area contributed by atoms with Gasteiger partial charge in [0.25, 0.3) is 0 Å². The smallest absolute Gasteiger partial charge is 0.338 e. The van der Waals surface area contributed by atoms with Crippen molar-refractivity contribution in [1.82, 2.24) is 0 Å². The van der Waals surface area contributed by atoms with Crippen LogP contribution in [-0.4, -0.2) is 5.97 Å². The first kappa shape index (κ1) is 13.6. The van der Waals surface area contributed by atoms with Crippen LogP contribution in [0.4, 0.5) is 5.69 Å². The highest BCUT2D eigenvalue weighted by atomic mass is 32.1. The second kappa shape index (κ2) is 5.58. The third-order valence-corrected chi connectivity index (χ3v) is 4.53. The second-order valence-corrected chi connectivity index (χ2v) is 5.76. The predicted octanol–water partition coefficient (Wildman–Crippen LogP) is 4.15. The Morgan fingerprint density at radius 3 is 2.86 bits per heavy atom. The topological polar surface area (TPSA) is 52.3 Å². The molecule has 0 unspecified atom stereocenters. The van der Waals surface area contributed by atoms with E-state index in [0.717, 1.165) is 16.5 Å². The Morgan fingerprint density at radius 2 is 2.00 bits per heavy atom. The minimum Gasteiger partial charge on any atom is -0.457 e. The molecule has 0 amide bonds. The normalized spacial score (nSPS) is 10.7. The van der Waals surface area contributed by atoms with Gasteiger partial charge < -0.3 is 10.5 Å². The summed E-state index contributed by atoms with van der Waals surface area (Å²) in [6.07, 6.45) is 0. The van der Waals surface area contributed by atoms with Gasteiger partial charge in [0.2, 0.25) is 0 Å². The fourth-order valence-electron chi connectivity index (χ4n) is 2.24. The quantitative estimate of drug-likeness (QED) is 0.583. The van der Waals surface area contributed by atoms with Crippen molar-refractivity contribution in [3.63, 3.8) is 0 Å². The molecule has 3 nitrogen and oxygen atoms in total. The number of thiophene rings is 1. The Labute approximate surface area is 127 Å². The highest BCUT2D eigenvalue weighted by molar-refractivity contribution is 7.17. The zero-order valence-corrected chi connectivity index (χ0v) is 12.4. The molecule has 0 aliphatic rings. The molecule has 0 spiro atoms. The number of hydrogen-bond donors (Lipinski definition) is 1. The molecule has 0 bridgehead atoms. The largest absolute Gasteiger partial charge is 0.457 e. The number of ether oxygens (including phenoxy) is 1. The number of rotatable bonds is 3. The maximum absolute atomic E-state index is 12.2. The fraction of sp³-hybridized carbons (Fsp3) is 0.118. The van der Waals surface area contributed by atoms with E-state index in [1.165, 1.54) is 4.70 Å². The third kappa shape index (κ3) is 2.62.